The number of aliphatic hydroxyl groups is 3. The van der Waals surface area contributed by atoms with Gasteiger partial charge in [0.25, 0.3) is 11.7 Å². The number of allylic oxidation sites excluding steroid dienone is 2. The molecular formula is C45H54N4O10S. The van der Waals surface area contributed by atoms with Crippen molar-refractivity contribution in [3.05, 3.63) is 75.7 Å². The van der Waals surface area contributed by atoms with Crippen LogP contribution in [0.5, 0.6) is 11.5 Å². The minimum absolute atomic E-state index is 0.00338. The fourth-order valence-corrected chi connectivity index (χ4v) is 9.64. The molecule has 9 atom stereocenters. The number of methoxy groups -OCH3 is 1. The van der Waals surface area contributed by atoms with Gasteiger partial charge in [0.05, 0.1) is 62.1 Å². The summed E-state index contributed by atoms with van der Waals surface area (Å²) in [4.78, 5) is 50.2. The maximum atomic E-state index is 14.7. The predicted octanol–water partition coefficient (Wildman–Crippen LogP) is 5.30. The van der Waals surface area contributed by atoms with Crippen molar-refractivity contribution >= 4 is 65.6 Å². The van der Waals surface area contributed by atoms with Gasteiger partial charge in [-0.15, -0.1) is 11.3 Å². The quantitative estimate of drug-likeness (QED) is 0.0864. The minimum Gasteiger partial charge on any atom is -0.505 e. The van der Waals surface area contributed by atoms with Crippen LogP contribution in [0.4, 0.5) is 11.4 Å². The van der Waals surface area contributed by atoms with E-state index in [-0.39, 0.29) is 44.4 Å². The van der Waals surface area contributed by atoms with E-state index in [0.29, 0.717) is 10.2 Å². The van der Waals surface area contributed by atoms with E-state index < -0.39 is 76.7 Å². The third kappa shape index (κ3) is 7.56. The number of nitrogens with one attached hydrogen (secondary N) is 2. The lowest BCUT2D eigenvalue weighted by atomic mass is 9.78. The number of piperazine rings is 1. The summed E-state index contributed by atoms with van der Waals surface area (Å²) >= 11 is 1.26. The number of benzene rings is 3. The van der Waals surface area contributed by atoms with Crippen molar-refractivity contribution in [3.63, 3.8) is 0 Å². The lowest BCUT2D eigenvalue weighted by molar-refractivity contribution is -0.112. The number of carbonyl (C=O) groups is 2. The van der Waals surface area contributed by atoms with Gasteiger partial charge in [-0.2, -0.15) is 0 Å². The van der Waals surface area contributed by atoms with Gasteiger partial charge in [0.2, 0.25) is 0 Å². The first-order chi connectivity index (χ1) is 28.5. The van der Waals surface area contributed by atoms with Gasteiger partial charge in [0, 0.05) is 86.1 Å². The highest BCUT2D eigenvalue weighted by Gasteiger charge is 2.49. The lowest BCUT2D eigenvalue weighted by Gasteiger charge is -2.36. The molecule has 0 radical (unpaired) electrons. The standard InChI is InChI=1S/C45H54N4O10S/c1-21-10-9-11-22(2)44(56)48-35-40(54)32-31(34-42(35)60-30-20-27(12-13-28(30)47-34)49-17-15-46-16-18-49)33-41(26(6)39(32)53)59-45(7,43(33)55)58-19-14-29(57-8)23(3)37(51)25(5)38(52)24(4)36(21)50/h9-14,19-21,23-25,29,36-38,46,50-52,54H,15-18H2,1-8H3,(H,48,56)/b10-9-,19-14?,22-11?/t21-,23+,24+,25-,29-,36-,37+,38+,45-/m0/s1. The highest BCUT2D eigenvalue weighted by molar-refractivity contribution is 7.25. The highest BCUT2D eigenvalue weighted by atomic mass is 32.1. The van der Waals surface area contributed by atoms with Crippen LogP contribution in [0, 0.1) is 30.6 Å². The fourth-order valence-electron chi connectivity index (χ4n) is 8.52. The number of nitrogens with zero attached hydrogens (tertiary/aromatic N) is 2. The van der Waals surface area contributed by atoms with Crippen LogP contribution in [0.15, 0.2) is 59.1 Å². The molecule has 4 aromatic rings. The van der Waals surface area contributed by atoms with E-state index in [2.05, 4.69) is 15.5 Å². The third-order valence-corrected chi connectivity index (χ3v) is 13.7. The molecule has 7 rings (SSSR count). The molecule has 0 unspecified atom stereocenters. The number of ketones is 1. The van der Waals surface area contributed by atoms with Crippen molar-refractivity contribution in [3.8, 4) is 11.5 Å². The van der Waals surface area contributed by atoms with E-state index >= 15 is 0 Å². The molecule has 320 valence electrons. The van der Waals surface area contributed by atoms with Crippen LogP contribution in [0.2, 0.25) is 0 Å². The van der Waals surface area contributed by atoms with Crippen molar-refractivity contribution in [2.24, 2.45) is 23.7 Å². The summed E-state index contributed by atoms with van der Waals surface area (Å²) in [5.41, 5.74) is 1.42. The summed E-state index contributed by atoms with van der Waals surface area (Å²) in [6, 6.07) is 5.86. The summed E-state index contributed by atoms with van der Waals surface area (Å²) in [5, 5.41) is 52.2. The molecule has 60 heavy (non-hydrogen) atoms. The molecule has 4 bridgehead atoms. The molecule has 1 amide bonds. The lowest BCUT2D eigenvalue weighted by Crippen LogP contribution is -2.44. The second-order valence-corrected chi connectivity index (χ2v) is 17.6. The average molecular weight is 843 g/mol. The molecule has 3 aromatic carbocycles. The monoisotopic (exact) mass is 842 g/mol. The van der Waals surface area contributed by atoms with Gasteiger partial charge >= 0.3 is 5.79 Å². The smallest absolute Gasteiger partial charge is 0.312 e. The Hall–Kier alpha value is -4.90. The minimum atomic E-state index is -1.97. The summed E-state index contributed by atoms with van der Waals surface area (Å²) < 4.78 is 19.0. The number of aliphatic hydroxyl groups excluding tert-OH is 3. The second kappa shape index (κ2) is 16.9. The van der Waals surface area contributed by atoms with Gasteiger partial charge < -0.3 is 50.2 Å². The van der Waals surface area contributed by atoms with Gasteiger partial charge in [-0.3, -0.25) is 14.4 Å². The molecule has 3 aliphatic heterocycles. The first kappa shape index (κ1) is 43.2. The number of ether oxygens (including phenoxy) is 3. The maximum absolute atomic E-state index is 14.7. The molecule has 1 fully saturated rings. The summed E-state index contributed by atoms with van der Waals surface area (Å²) in [6.45, 7) is 14.8. The van der Waals surface area contributed by atoms with E-state index in [0.717, 1.165) is 36.6 Å². The van der Waals surface area contributed by atoms with E-state index in [4.69, 9.17) is 19.2 Å². The van der Waals surface area contributed by atoms with Crippen LogP contribution in [0.25, 0.3) is 31.2 Å². The number of aromatic hydroxyl groups is 1. The number of rotatable bonds is 2. The first-order valence-corrected chi connectivity index (χ1v) is 21.2. The van der Waals surface area contributed by atoms with Crippen LogP contribution >= 0.6 is 11.3 Å². The number of Topliss-reactive ketones (excluding diaryl/α,β-unsaturated/α-hetero) is 1. The molecule has 6 N–H and O–H groups in total. The van der Waals surface area contributed by atoms with Crippen LogP contribution in [-0.2, 0) is 14.3 Å². The van der Waals surface area contributed by atoms with Crippen LogP contribution < -0.4 is 25.7 Å². The predicted molar refractivity (Wildman–Crippen MR) is 233 cm³/mol. The average Bonchev–Trinajstić information content (AvgIpc) is 3.51. The molecule has 0 saturated carbocycles. The Morgan fingerprint density at radius 2 is 1.63 bits per heavy atom. The Balaban J connectivity index is 1.44. The van der Waals surface area contributed by atoms with E-state index in [1.165, 1.54) is 44.6 Å². The number of phenols is 1. The molecule has 4 heterocycles. The van der Waals surface area contributed by atoms with Gasteiger partial charge in [-0.1, -0.05) is 45.9 Å². The Morgan fingerprint density at radius 1 is 0.950 bits per heavy atom. The summed E-state index contributed by atoms with van der Waals surface area (Å²) in [6.07, 6.45) is 3.78. The van der Waals surface area contributed by atoms with E-state index in [1.54, 1.807) is 52.8 Å². The SMILES string of the molecule is CO[C@H]1C=CO[C@@]2(C)Oc3c(C)c(=O)c4c(O)c(c5sc6cc(N7CCNCC7)ccc6nc5c4c3C2=O)NC(=O)C(C)=C/C=C\[C@H](C)[C@H](O)[C@@H](C)[C@@H](O)[C@@H](C)[C@H](O)[C@@H]1C. The number of hydrogen-bond acceptors (Lipinski definition) is 14. The summed E-state index contributed by atoms with van der Waals surface area (Å²) in [7, 11) is 1.46. The Kier molecular flexibility index (Phi) is 12.1. The van der Waals surface area contributed by atoms with Crippen molar-refractivity contribution in [1.82, 2.24) is 10.3 Å². The fraction of sp³-hybridized carbons (Fsp3) is 0.467. The largest absolute Gasteiger partial charge is 0.505 e. The third-order valence-electron chi connectivity index (χ3n) is 12.5. The van der Waals surface area contributed by atoms with Crippen molar-refractivity contribution in [2.75, 3.05) is 43.5 Å². The highest BCUT2D eigenvalue weighted by Crippen LogP contribution is 2.49. The maximum Gasteiger partial charge on any atom is 0.312 e. The Bertz CT molecular complexity index is 2510. The molecule has 3 aliphatic rings. The number of phenolic OH excluding ortho intramolecular Hbond substituents is 1. The van der Waals surface area contributed by atoms with Gasteiger partial charge in [0.1, 0.15) is 11.4 Å². The van der Waals surface area contributed by atoms with Gasteiger partial charge in [0.15, 0.2) is 11.2 Å². The number of fused-ring (bicyclic) bond motifs is 2. The number of amides is 1. The Labute approximate surface area is 352 Å². The Morgan fingerprint density at radius 3 is 2.33 bits per heavy atom. The molecule has 0 aliphatic carbocycles. The molecule has 0 spiro atoms. The normalized spacial score (nSPS) is 30.1. The number of anilines is 2. The van der Waals surface area contributed by atoms with Crippen molar-refractivity contribution < 1.29 is 44.2 Å². The van der Waals surface area contributed by atoms with Gasteiger partial charge in [-0.25, -0.2) is 4.98 Å². The van der Waals surface area contributed by atoms with Crippen molar-refractivity contribution in [2.45, 2.75) is 78.7 Å². The number of hydrogen-bond donors (Lipinski definition) is 6. The molecule has 15 heteroatoms. The molecule has 1 saturated heterocycles. The zero-order chi connectivity index (χ0) is 43.4. The van der Waals surface area contributed by atoms with Crippen LogP contribution in [-0.4, -0.2) is 101 Å². The summed E-state index contributed by atoms with van der Waals surface area (Å²) in [5.74, 6) is -6.06. The first-order valence-electron chi connectivity index (χ1n) is 20.4. The van der Waals surface area contributed by atoms with E-state index in [9.17, 15) is 34.8 Å². The zero-order valence-electron chi connectivity index (χ0n) is 35.1. The van der Waals surface area contributed by atoms with E-state index in [1.807, 2.05) is 18.2 Å². The zero-order valence-corrected chi connectivity index (χ0v) is 35.9. The molecular weight excluding hydrogens is 789 g/mol. The van der Waals surface area contributed by atoms with Crippen LogP contribution in [0.3, 0.4) is 0 Å². The van der Waals surface area contributed by atoms with Crippen molar-refractivity contribution in [1.29, 1.82) is 0 Å². The topological polar surface area (TPSA) is 200 Å². The van der Waals surface area contributed by atoms with Crippen LogP contribution in [0.1, 0.15) is 57.5 Å². The molecule has 1 aromatic heterocycles. The number of aromatic nitrogens is 1. The van der Waals surface area contributed by atoms with Gasteiger partial charge in [-0.05, 0) is 38.1 Å². The second-order valence-electron chi connectivity index (χ2n) is 16.5. The number of carbonyl (C=O) groups excluding carboxylic acids is 2. The molecule has 14 nitrogen and oxygen atoms in total.